The van der Waals surface area contributed by atoms with E-state index in [-0.39, 0.29) is 25.0 Å². The zero-order valence-electron chi connectivity index (χ0n) is 7.59. The molecule has 1 N–H and O–H groups in total. The third kappa shape index (κ3) is 3.92. The van der Waals surface area contributed by atoms with Crippen molar-refractivity contribution in [3.63, 3.8) is 0 Å². The zero-order chi connectivity index (χ0) is 9.56. The van der Waals surface area contributed by atoms with Crippen LogP contribution in [-0.4, -0.2) is 51.1 Å². The molecule has 0 heterocycles. The summed E-state index contributed by atoms with van der Waals surface area (Å²) < 4.78 is 4.62. The summed E-state index contributed by atoms with van der Waals surface area (Å²) in [7, 11) is 4.51. The van der Waals surface area contributed by atoms with Crippen molar-refractivity contribution >= 4 is 11.8 Å². The third-order valence-corrected chi connectivity index (χ3v) is 1.35. The lowest BCUT2D eigenvalue weighted by atomic mass is 10.5. The zero-order valence-corrected chi connectivity index (χ0v) is 7.59. The van der Waals surface area contributed by atoms with Crippen LogP contribution < -0.4 is 5.32 Å². The molecule has 0 spiro atoms. The second-order valence-electron chi connectivity index (χ2n) is 2.36. The highest BCUT2D eigenvalue weighted by atomic mass is 16.5. The highest BCUT2D eigenvalue weighted by Crippen LogP contribution is 1.84. The van der Waals surface area contributed by atoms with Crippen molar-refractivity contribution in [1.82, 2.24) is 10.2 Å². The van der Waals surface area contributed by atoms with E-state index in [1.54, 1.807) is 7.05 Å². The number of hydrogen-bond acceptors (Lipinski definition) is 3. The minimum absolute atomic E-state index is 0.00743. The number of nitrogens with one attached hydrogen (secondary N) is 1. The number of likely N-dealkylation sites (N-methyl/N-ethyl adjacent to an activating group) is 2. The number of rotatable bonds is 4. The first kappa shape index (κ1) is 10.9. The molecule has 0 fully saturated rings. The molecule has 0 saturated heterocycles. The van der Waals surface area contributed by atoms with Crippen LogP contribution in [-0.2, 0) is 14.3 Å². The van der Waals surface area contributed by atoms with Crippen molar-refractivity contribution < 1.29 is 14.3 Å². The molecule has 0 saturated carbocycles. The predicted molar refractivity (Wildman–Crippen MR) is 43.6 cm³/mol. The maximum Gasteiger partial charge on any atom is 0.248 e. The van der Waals surface area contributed by atoms with Gasteiger partial charge in [-0.3, -0.25) is 9.59 Å². The van der Waals surface area contributed by atoms with E-state index in [9.17, 15) is 9.59 Å². The summed E-state index contributed by atoms with van der Waals surface area (Å²) in [6, 6.07) is 0. The van der Waals surface area contributed by atoms with Crippen LogP contribution in [0.5, 0.6) is 0 Å². The minimum Gasteiger partial charge on any atom is -0.375 e. The molecule has 0 aliphatic rings. The van der Waals surface area contributed by atoms with E-state index < -0.39 is 0 Å². The van der Waals surface area contributed by atoms with Gasteiger partial charge in [0.05, 0.1) is 6.54 Å². The fourth-order valence-electron chi connectivity index (χ4n) is 0.616. The monoisotopic (exact) mass is 174 g/mol. The van der Waals surface area contributed by atoms with Crippen LogP contribution >= 0.6 is 0 Å². The fourth-order valence-corrected chi connectivity index (χ4v) is 0.616. The molecule has 5 heteroatoms. The van der Waals surface area contributed by atoms with Crippen LogP contribution in [0.2, 0.25) is 0 Å². The Kier molecular flexibility index (Phi) is 5.03. The predicted octanol–water partition coefficient (Wildman–Crippen LogP) is -1.16. The van der Waals surface area contributed by atoms with Crippen molar-refractivity contribution in [2.24, 2.45) is 0 Å². The van der Waals surface area contributed by atoms with Gasteiger partial charge in [0, 0.05) is 21.2 Å². The van der Waals surface area contributed by atoms with Gasteiger partial charge in [0.25, 0.3) is 0 Å². The number of nitrogens with zero attached hydrogens (tertiary/aromatic N) is 1. The lowest BCUT2D eigenvalue weighted by molar-refractivity contribution is -0.137. The maximum atomic E-state index is 11.0. The van der Waals surface area contributed by atoms with Crippen LogP contribution in [0.4, 0.5) is 0 Å². The van der Waals surface area contributed by atoms with Crippen LogP contribution in [0.25, 0.3) is 0 Å². The van der Waals surface area contributed by atoms with Crippen LogP contribution in [0, 0.1) is 0 Å². The largest absolute Gasteiger partial charge is 0.375 e. The average Bonchev–Trinajstić information content (AvgIpc) is 2.04. The first-order valence-electron chi connectivity index (χ1n) is 3.55. The normalized spacial score (nSPS) is 9.25. The number of carbonyl (C=O) groups excluding carboxylic acids is 2. The molecule has 0 aliphatic carbocycles. The molecule has 2 amide bonds. The Morgan fingerprint density at radius 2 is 2.08 bits per heavy atom. The van der Waals surface area contributed by atoms with E-state index in [0.29, 0.717) is 0 Å². The minimum atomic E-state index is -0.207. The van der Waals surface area contributed by atoms with Crippen LogP contribution in [0.15, 0.2) is 0 Å². The average molecular weight is 174 g/mol. The summed E-state index contributed by atoms with van der Waals surface area (Å²) in [5, 5.41) is 2.42. The van der Waals surface area contributed by atoms with Crippen molar-refractivity contribution in [3.05, 3.63) is 0 Å². The quantitative estimate of drug-likeness (QED) is 0.584. The summed E-state index contributed by atoms with van der Waals surface area (Å²) in [5.41, 5.74) is 0. The molecule has 0 unspecified atom stereocenters. The molecule has 0 atom stereocenters. The van der Waals surface area contributed by atoms with Gasteiger partial charge in [0.2, 0.25) is 11.8 Å². The maximum absolute atomic E-state index is 11.0. The van der Waals surface area contributed by atoms with Gasteiger partial charge in [-0.2, -0.15) is 0 Å². The molecule has 0 aromatic carbocycles. The third-order valence-electron chi connectivity index (χ3n) is 1.35. The SMILES string of the molecule is CNC(=O)CN(C)C(=O)COC. The molecule has 5 nitrogen and oxygen atoms in total. The highest BCUT2D eigenvalue weighted by molar-refractivity contribution is 5.84. The summed E-state index contributed by atoms with van der Waals surface area (Å²) in [6.45, 7) is 0.0756. The summed E-state index contributed by atoms with van der Waals surface area (Å²) >= 11 is 0. The van der Waals surface area contributed by atoms with Crippen LogP contribution in [0.1, 0.15) is 0 Å². The summed E-state index contributed by atoms with van der Waals surface area (Å²) in [6.07, 6.45) is 0. The van der Waals surface area contributed by atoms with E-state index in [1.807, 2.05) is 0 Å². The molecular formula is C7H14N2O3. The number of hydrogen-bond donors (Lipinski definition) is 1. The van der Waals surface area contributed by atoms with Gasteiger partial charge in [0.15, 0.2) is 0 Å². The topological polar surface area (TPSA) is 58.6 Å². The Labute approximate surface area is 71.7 Å². The van der Waals surface area contributed by atoms with Gasteiger partial charge in [-0.1, -0.05) is 0 Å². The summed E-state index contributed by atoms with van der Waals surface area (Å²) in [4.78, 5) is 23.1. The van der Waals surface area contributed by atoms with E-state index in [0.717, 1.165) is 0 Å². The van der Waals surface area contributed by atoms with Gasteiger partial charge in [-0.15, -0.1) is 0 Å². The van der Waals surface area contributed by atoms with Gasteiger partial charge >= 0.3 is 0 Å². The van der Waals surface area contributed by atoms with Gasteiger partial charge in [0.1, 0.15) is 6.61 Å². The standard InChI is InChI=1S/C7H14N2O3/c1-8-6(10)4-9(2)7(11)5-12-3/h4-5H2,1-3H3,(H,8,10). The Morgan fingerprint density at radius 1 is 1.50 bits per heavy atom. The molecule has 0 aromatic rings. The lowest BCUT2D eigenvalue weighted by Crippen LogP contribution is -2.38. The lowest BCUT2D eigenvalue weighted by Gasteiger charge is -2.14. The molecule has 70 valence electrons. The summed E-state index contributed by atoms with van der Waals surface area (Å²) in [5.74, 6) is -0.400. The molecule has 0 aromatic heterocycles. The Morgan fingerprint density at radius 3 is 2.50 bits per heavy atom. The van der Waals surface area contributed by atoms with E-state index in [2.05, 4.69) is 10.1 Å². The second kappa shape index (κ2) is 5.54. The van der Waals surface area contributed by atoms with Crippen molar-refractivity contribution in [1.29, 1.82) is 0 Å². The number of ether oxygens (including phenoxy) is 1. The fraction of sp³-hybridized carbons (Fsp3) is 0.714. The smallest absolute Gasteiger partial charge is 0.248 e. The first-order chi connectivity index (χ1) is 5.61. The van der Waals surface area contributed by atoms with Gasteiger partial charge in [-0.05, 0) is 0 Å². The van der Waals surface area contributed by atoms with Crippen molar-refractivity contribution in [3.8, 4) is 0 Å². The number of methoxy groups -OCH3 is 1. The molecular weight excluding hydrogens is 160 g/mol. The molecule has 0 radical (unpaired) electrons. The molecule has 0 bridgehead atoms. The van der Waals surface area contributed by atoms with E-state index in [1.165, 1.54) is 19.1 Å². The van der Waals surface area contributed by atoms with Gasteiger partial charge < -0.3 is 15.0 Å². The van der Waals surface area contributed by atoms with E-state index in [4.69, 9.17) is 0 Å². The molecule has 12 heavy (non-hydrogen) atoms. The molecule has 0 rings (SSSR count). The van der Waals surface area contributed by atoms with Crippen LogP contribution in [0.3, 0.4) is 0 Å². The first-order valence-corrected chi connectivity index (χ1v) is 3.55. The Hall–Kier alpha value is -1.10. The Bertz CT molecular complexity index is 170. The van der Waals surface area contributed by atoms with Crippen molar-refractivity contribution in [2.75, 3.05) is 34.4 Å². The number of amides is 2. The number of carbonyl (C=O) groups is 2. The van der Waals surface area contributed by atoms with Gasteiger partial charge in [-0.25, -0.2) is 0 Å². The van der Waals surface area contributed by atoms with Crippen molar-refractivity contribution in [2.45, 2.75) is 0 Å². The Balaban J connectivity index is 3.78. The molecule has 0 aliphatic heterocycles. The highest BCUT2D eigenvalue weighted by Gasteiger charge is 2.10. The second-order valence-corrected chi connectivity index (χ2v) is 2.36. The van der Waals surface area contributed by atoms with E-state index >= 15 is 0 Å².